The minimum atomic E-state index is -3.34. The van der Waals surface area contributed by atoms with Gasteiger partial charge in [0.25, 0.3) is 5.91 Å². The van der Waals surface area contributed by atoms with Crippen LogP contribution in [0.5, 0.6) is 0 Å². The van der Waals surface area contributed by atoms with E-state index in [0.29, 0.717) is 28.3 Å². The zero-order valence-corrected chi connectivity index (χ0v) is 21.9. The summed E-state index contributed by atoms with van der Waals surface area (Å²) < 4.78 is 23.8. The molecule has 1 N–H and O–H groups in total. The van der Waals surface area contributed by atoms with Crippen molar-refractivity contribution in [3.8, 4) is 17.2 Å². The van der Waals surface area contributed by atoms with Gasteiger partial charge in [0.1, 0.15) is 0 Å². The van der Waals surface area contributed by atoms with Gasteiger partial charge in [-0.2, -0.15) is 5.26 Å². The van der Waals surface area contributed by atoms with E-state index in [9.17, 15) is 18.5 Å². The molecule has 6 nitrogen and oxygen atoms in total. The van der Waals surface area contributed by atoms with E-state index in [1.807, 2.05) is 12.1 Å². The number of hydrogen-bond acceptors (Lipinski definition) is 5. The van der Waals surface area contributed by atoms with Crippen LogP contribution in [-0.4, -0.2) is 25.1 Å². The van der Waals surface area contributed by atoms with Crippen molar-refractivity contribution >= 4 is 38.9 Å². The Bertz CT molecular complexity index is 1370. The van der Waals surface area contributed by atoms with E-state index in [-0.39, 0.29) is 32.8 Å². The molecular formula is C26H25Cl2N3O3S. The number of carbonyl (C=O) groups excluding carboxylic acids is 1. The second-order valence-electron chi connectivity index (χ2n) is 8.47. The molecule has 1 heterocycles. The highest BCUT2D eigenvalue weighted by molar-refractivity contribution is 7.91. The van der Waals surface area contributed by atoms with E-state index in [4.69, 9.17) is 23.2 Å². The Labute approximate surface area is 215 Å². The molecule has 0 fully saturated rings. The molecule has 0 radical (unpaired) electrons. The lowest BCUT2D eigenvalue weighted by molar-refractivity contribution is 0.0950. The summed E-state index contributed by atoms with van der Waals surface area (Å²) in [4.78, 5) is 17.0. The minimum absolute atomic E-state index is 0.0117. The quantitative estimate of drug-likeness (QED) is 0.394. The molecule has 9 heteroatoms. The average molecular weight is 530 g/mol. The Balaban J connectivity index is 1.78. The summed E-state index contributed by atoms with van der Waals surface area (Å²) in [5.74, 6) is -0.00446. The van der Waals surface area contributed by atoms with Crippen LogP contribution in [0.15, 0.2) is 53.6 Å². The summed E-state index contributed by atoms with van der Waals surface area (Å²) in [7, 11) is -3.34. The Kier molecular flexibility index (Phi) is 8.55. The zero-order chi connectivity index (χ0) is 25.8. The molecule has 182 valence electrons. The van der Waals surface area contributed by atoms with Crippen molar-refractivity contribution < 1.29 is 13.2 Å². The first kappa shape index (κ1) is 26.7. The van der Waals surface area contributed by atoms with Crippen molar-refractivity contribution in [2.75, 3.05) is 5.75 Å². The van der Waals surface area contributed by atoms with Crippen LogP contribution in [0.4, 0.5) is 0 Å². The highest BCUT2D eigenvalue weighted by Crippen LogP contribution is 2.37. The minimum Gasteiger partial charge on any atom is -0.346 e. The summed E-state index contributed by atoms with van der Waals surface area (Å²) in [6.45, 7) is 5.85. The first-order valence-electron chi connectivity index (χ1n) is 11.0. The fourth-order valence-electron chi connectivity index (χ4n) is 3.57. The number of nitrogens with zero attached hydrogens (tertiary/aromatic N) is 2. The van der Waals surface area contributed by atoms with Crippen molar-refractivity contribution in [2.24, 2.45) is 5.92 Å². The third-order valence-corrected chi connectivity index (χ3v) is 7.73. The number of nitrogens with one attached hydrogen (secondary N) is 1. The fraction of sp³-hybridized carbons (Fsp3) is 0.269. The lowest BCUT2D eigenvalue weighted by Crippen LogP contribution is -2.23. The van der Waals surface area contributed by atoms with Gasteiger partial charge in [0.15, 0.2) is 9.84 Å². The maximum Gasteiger partial charge on any atom is 0.251 e. The molecule has 3 aromatic rings. The molecule has 0 atom stereocenters. The van der Waals surface area contributed by atoms with Gasteiger partial charge >= 0.3 is 0 Å². The van der Waals surface area contributed by atoms with E-state index in [2.05, 4.69) is 30.2 Å². The van der Waals surface area contributed by atoms with E-state index in [1.165, 1.54) is 24.4 Å². The lowest BCUT2D eigenvalue weighted by Gasteiger charge is -2.13. The fourth-order valence-corrected chi connectivity index (χ4v) is 5.10. The molecule has 0 aliphatic carbocycles. The topological polar surface area (TPSA) is 99.9 Å². The van der Waals surface area contributed by atoms with Gasteiger partial charge in [0, 0.05) is 17.3 Å². The van der Waals surface area contributed by atoms with E-state index in [0.717, 1.165) is 12.0 Å². The SMILES string of the molecule is CCS(=O)(=O)c1ccc(CNC(=O)c2cc(Cl)c(-c3ccc(CC(C)C)c(C#N)c3)c(Cl)c2)nc1. The van der Waals surface area contributed by atoms with Crippen LogP contribution in [0.2, 0.25) is 10.0 Å². The Hall–Kier alpha value is -2.92. The van der Waals surface area contributed by atoms with Crippen molar-refractivity contribution in [1.82, 2.24) is 10.3 Å². The van der Waals surface area contributed by atoms with Crippen molar-refractivity contribution in [2.45, 2.75) is 38.6 Å². The number of amides is 1. The zero-order valence-electron chi connectivity index (χ0n) is 19.6. The van der Waals surface area contributed by atoms with Gasteiger partial charge in [-0.25, -0.2) is 8.42 Å². The summed E-state index contributed by atoms with van der Waals surface area (Å²) in [6.07, 6.45) is 2.07. The molecule has 0 bridgehead atoms. The van der Waals surface area contributed by atoms with Gasteiger partial charge in [0.05, 0.1) is 44.6 Å². The van der Waals surface area contributed by atoms with Gasteiger partial charge in [-0.15, -0.1) is 0 Å². The van der Waals surface area contributed by atoms with Gasteiger partial charge in [-0.05, 0) is 53.8 Å². The van der Waals surface area contributed by atoms with Gasteiger partial charge < -0.3 is 5.32 Å². The summed E-state index contributed by atoms with van der Waals surface area (Å²) >= 11 is 13.0. The molecule has 1 aromatic heterocycles. The Morgan fingerprint density at radius 2 is 1.80 bits per heavy atom. The van der Waals surface area contributed by atoms with Crippen LogP contribution in [0.25, 0.3) is 11.1 Å². The highest BCUT2D eigenvalue weighted by atomic mass is 35.5. The molecule has 0 saturated heterocycles. The van der Waals surface area contributed by atoms with E-state index < -0.39 is 15.7 Å². The third kappa shape index (κ3) is 6.40. The number of sulfone groups is 1. The number of rotatable bonds is 8. The molecular weight excluding hydrogens is 505 g/mol. The van der Waals surface area contributed by atoms with Gasteiger partial charge in [-0.1, -0.05) is 56.1 Å². The van der Waals surface area contributed by atoms with Crippen LogP contribution in [0.1, 0.15) is 48.0 Å². The summed E-state index contributed by atoms with van der Waals surface area (Å²) in [5.41, 5.74) is 3.55. The van der Waals surface area contributed by atoms with Crippen LogP contribution in [0.3, 0.4) is 0 Å². The number of nitriles is 1. The van der Waals surface area contributed by atoms with E-state index >= 15 is 0 Å². The van der Waals surface area contributed by atoms with E-state index in [1.54, 1.807) is 19.1 Å². The number of pyridine rings is 1. The molecule has 0 aliphatic heterocycles. The summed E-state index contributed by atoms with van der Waals surface area (Å²) in [6, 6.07) is 13.9. The van der Waals surface area contributed by atoms with Gasteiger partial charge in [-0.3, -0.25) is 9.78 Å². The molecule has 1 amide bonds. The molecule has 0 spiro atoms. The van der Waals surface area contributed by atoms with Crippen LogP contribution in [-0.2, 0) is 22.8 Å². The number of benzene rings is 2. The second-order valence-corrected chi connectivity index (χ2v) is 11.6. The number of halogens is 2. The third-order valence-electron chi connectivity index (χ3n) is 5.42. The molecule has 0 saturated carbocycles. The number of aromatic nitrogens is 1. The normalized spacial score (nSPS) is 11.3. The Morgan fingerprint density at radius 3 is 2.34 bits per heavy atom. The molecule has 2 aromatic carbocycles. The first-order valence-corrected chi connectivity index (χ1v) is 13.4. The molecule has 0 unspecified atom stereocenters. The molecule has 3 rings (SSSR count). The van der Waals surface area contributed by atoms with Crippen molar-refractivity contribution in [3.05, 3.63) is 81.1 Å². The smallest absolute Gasteiger partial charge is 0.251 e. The van der Waals surface area contributed by atoms with Crippen LogP contribution >= 0.6 is 23.2 Å². The summed E-state index contributed by atoms with van der Waals surface area (Å²) in [5, 5.41) is 12.9. The monoisotopic (exact) mass is 529 g/mol. The second kappa shape index (κ2) is 11.2. The maximum absolute atomic E-state index is 12.7. The maximum atomic E-state index is 12.7. The number of carbonyl (C=O) groups is 1. The largest absolute Gasteiger partial charge is 0.346 e. The molecule has 0 aliphatic rings. The predicted octanol–water partition coefficient (Wildman–Crippen LogP) is 5.85. The van der Waals surface area contributed by atoms with Crippen molar-refractivity contribution in [1.29, 1.82) is 5.26 Å². The van der Waals surface area contributed by atoms with Gasteiger partial charge in [0.2, 0.25) is 0 Å². The first-order chi connectivity index (χ1) is 16.6. The van der Waals surface area contributed by atoms with Crippen molar-refractivity contribution in [3.63, 3.8) is 0 Å². The highest BCUT2D eigenvalue weighted by Gasteiger charge is 2.17. The standard InChI is InChI=1S/C26H25Cl2N3O3S/c1-4-35(33,34)22-8-7-21(30-15-22)14-31-26(32)19-11-23(27)25(24(28)12-19)18-6-5-17(9-16(2)3)20(10-18)13-29/h5-8,10-12,15-16H,4,9,14H2,1-3H3,(H,31,32). The number of hydrogen-bond donors (Lipinski definition) is 1. The van der Waals surface area contributed by atoms with Crippen LogP contribution in [0, 0.1) is 17.2 Å². The lowest BCUT2D eigenvalue weighted by atomic mass is 9.94. The molecule has 35 heavy (non-hydrogen) atoms. The average Bonchev–Trinajstić information content (AvgIpc) is 2.82. The van der Waals surface area contributed by atoms with Crippen LogP contribution < -0.4 is 5.32 Å². The Morgan fingerprint density at radius 1 is 1.11 bits per heavy atom. The predicted molar refractivity (Wildman–Crippen MR) is 138 cm³/mol.